The predicted octanol–water partition coefficient (Wildman–Crippen LogP) is 3.35. The monoisotopic (exact) mass is 335 g/mol. The van der Waals surface area contributed by atoms with Gasteiger partial charge in [0.2, 0.25) is 5.91 Å². The standard InChI is InChI=1S/C20H21N3O2/c1-13-7-8-16(11-15(13)3)22-18(24)9-10-23-12-21-19-14(2)5-4-6-17(19)20(23)25/h4-8,11-12H,9-10H2,1-3H3,(H,22,24). The van der Waals surface area contributed by atoms with Gasteiger partial charge in [0.15, 0.2) is 0 Å². The Morgan fingerprint density at radius 2 is 1.88 bits per heavy atom. The van der Waals surface area contributed by atoms with Gasteiger partial charge in [-0.15, -0.1) is 0 Å². The van der Waals surface area contributed by atoms with E-state index in [-0.39, 0.29) is 17.9 Å². The van der Waals surface area contributed by atoms with Gasteiger partial charge in [-0.05, 0) is 55.7 Å². The second-order valence-corrected chi connectivity index (χ2v) is 6.31. The summed E-state index contributed by atoms with van der Waals surface area (Å²) in [6, 6.07) is 11.3. The van der Waals surface area contributed by atoms with Crippen LogP contribution in [0, 0.1) is 20.8 Å². The molecular weight excluding hydrogens is 314 g/mol. The van der Waals surface area contributed by atoms with Crippen molar-refractivity contribution in [1.29, 1.82) is 0 Å². The number of nitrogens with one attached hydrogen (secondary N) is 1. The third kappa shape index (κ3) is 3.60. The minimum Gasteiger partial charge on any atom is -0.326 e. The molecule has 3 rings (SSSR count). The van der Waals surface area contributed by atoms with E-state index in [2.05, 4.69) is 10.3 Å². The van der Waals surface area contributed by atoms with E-state index in [0.717, 1.165) is 16.8 Å². The second kappa shape index (κ2) is 6.89. The number of hydrogen-bond donors (Lipinski definition) is 1. The molecule has 0 radical (unpaired) electrons. The highest BCUT2D eigenvalue weighted by atomic mass is 16.1. The number of rotatable bonds is 4. The molecule has 1 heterocycles. The van der Waals surface area contributed by atoms with E-state index < -0.39 is 0 Å². The number of anilines is 1. The van der Waals surface area contributed by atoms with Crippen LogP contribution >= 0.6 is 0 Å². The van der Waals surface area contributed by atoms with Gasteiger partial charge in [0, 0.05) is 18.7 Å². The van der Waals surface area contributed by atoms with E-state index in [1.165, 1.54) is 16.5 Å². The van der Waals surface area contributed by atoms with Crippen LogP contribution in [0.15, 0.2) is 47.5 Å². The van der Waals surface area contributed by atoms with Crippen LogP contribution in [0.4, 0.5) is 5.69 Å². The van der Waals surface area contributed by atoms with Crippen molar-refractivity contribution in [1.82, 2.24) is 9.55 Å². The van der Waals surface area contributed by atoms with Gasteiger partial charge < -0.3 is 5.32 Å². The quantitative estimate of drug-likeness (QED) is 0.795. The maximum absolute atomic E-state index is 12.5. The molecule has 1 aromatic heterocycles. The summed E-state index contributed by atoms with van der Waals surface area (Å²) < 4.78 is 1.49. The molecule has 3 aromatic rings. The maximum atomic E-state index is 12.5. The summed E-state index contributed by atoms with van der Waals surface area (Å²) in [4.78, 5) is 29.0. The van der Waals surface area contributed by atoms with E-state index in [1.807, 2.05) is 51.1 Å². The lowest BCUT2D eigenvalue weighted by Gasteiger charge is -2.09. The Morgan fingerprint density at radius 3 is 2.64 bits per heavy atom. The SMILES string of the molecule is Cc1ccc(NC(=O)CCn2cnc3c(C)cccc3c2=O)cc1C. The van der Waals surface area contributed by atoms with Crippen LogP contribution in [-0.4, -0.2) is 15.5 Å². The average molecular weight is 335 g/mol. The normalized spacial score (nSPS) is 10.8. The zero-order chi connectivity index (χ0) is 18.0. The van der Waals surface area contributed by atoms with Crippen LogP contribution in [0.5, 0.6) is 0 Å². The molecule has 5 heteroatoms. The number of aryl methyl sites for hydroxylation is 4. The van der Waals surface area contributed by atoms with Gasteiger partial charge in [0.1, 0.15) is 0 Å². The number of para-hydroxylation sites is 1. The number of benzene rings is 2. The number of nitrogens with zero attached hydrogens (tertiary/aromatic N) is 2. The molecule has 2 aromatic carbocycles. The molecule has 1 amide bonds. The fourth-order valence-electron chi connectivity index (χ4n) is 2.76. The molecule has 25 heavy (non-hydrogen) atoms. The predicted molar refractivity (Wildman–Crippen MR) is 99.9 cm³/mol. The van der Waals surface area contributed by atoms with Crippen LogP contribution in [0.1, 0.15) is 23.1 Å². The number of hydrogen-bond acceptors (Lipinski definition) is 3. The Hall–Kier alpha value is -2.95. The van der Waals surface area contributed by atoms with Crippen molar-refractivity contribution in [3.8, 4) is 0 Å². The lowest BCUT2D eigenvalue weighted by Crippen LogP contribution is -2.23. The van der Waals surface area contributed by atoms with E-state index in [0.29, 0.717) is 17.4 Å². The molecule has 5 nitrogen and oxygen atoms in total. The van der Waals surface area contributed by atoms with Gasteiger partial charge >= 0.3 is 0 Å². The first-order chi connectivity index (χ1) is 12.0. The van der Waals surface area contributed by atoms with Crippen molar-refractivity contribution in [2.75, 3.05) is 5.32 Å². The van der Waals surface area contributed by atoms with Gasteiger partial charge in [-0.3, -0.25) is 14.2 Å². The molecule has 0 saturated heterocycles. The van der Waals surface area contributed by atoms with Crippen LogP contribution in [0.2, 0.25) is 0 Å². The molecule has 0 fully saturated rings. The Labute approximate surface area is 146 Å². The Morgan fingerprint density at radius 1 is 1.08 bits per heavy atom. The number of fused-ring (bicyclic) bond motifs is 1. The first-order valence-electron chi connectivity index (χ1n) is 8.27. The van der Waals surface area contributed by atoms with Crippen LogP contribution in [-0.2, 0) is 11.3 Å². The Kier molecular flexibility index (Phi) is 4.65. The highest BCUT2D eigenvalue weighted by Crippen LogP contribution is 2.14. The molecule has 128 valence electrons. The lowest BCUT2D eigenvalue weighted by atomic mass is 10.1. The number of carbonyl (C=O) groups is 1. The average Bonchev–Trinajstić information content (AvgIpc) is 2.58. The Bertz CT molecular complexity index is 1010. The zero-order valence-electron chi connectivity index (χ0n) is 14.7. The molecule has 0 aliphatic carbocycles. The van der Waals surface area contributed by atoms with Crippen molar-refractivity contribution in [2.24, 2.45) is 0 Å². The minimum atomic E-state index is -0.125. The molecule has 0 spiro atoms. The Balaban J connectivity index is 1.72. The first kappa shape index (κ1) is 16.9. The van der Waals surface area contributed by atoms with Gasteiger partial charge in [-0.2, -0.15) is 0 Å². The second-order valence-electron chi connectivity index (χ2n) is 6.31. The van der Waals surface area contributed by atoms with E-state index >= 15 is 0 Å². The molecule has 0 unspecified atom stereocenters. The maximum Gasteiger partial charge on any atom is 0.261 e. The summed E-state index contributed by atoms with van der Waals surface area (Å²) in [6.07, 6.45) is 1.73. The number of amides is 1. The molecular formula is C20H21N3O2. The highest BCUT2D eigenvalue weighted by molar-refractivity contribution is 5.90. The molecule has 0 aliphatic rings. The van der Waals surface area contributed by atoms with Crippen molar-refractivity contribution in [2.45, 2.75) is 33.7 Å². The summed E-state index contributed by atoms with van der Waals surface area (Å²) in [6.45, 7) is 6.26. The van der Waals surface area contributed by atoms with E-state index in [9.17, 15) is 9.59 Å². The third-order valence-electron chi connectivity index (χ3n) is 4.43. The lowest BCUT2D eigenvalue weighted by molar-refractivity contribution is -0.116. The first-order valence-corrected chi connectivity index (χ1v) is 8.27. The van der Waals surface area contributed by atoms with Crippen molar-refractivity contribution < 1.29 is 4.79 Å². The molecule has 0 atom stereocenters. The van der Waals surface area contributed by atoms with E-state index in [1.54, 1.807) is 6.07 Å². The topological polar surface area (TPSA) is 64.0 Å². The summed E-state index contributed by atoms with van der Waals surface area (Å²) in [7, 11) is 0. The summed E-state index contributed by atoms with van der Waals surface area (Å²) in [5.74, 6) is -0.125. The fourth-order valence-corrected chi connectivity index (χ4v) is 2.76. The van der Waals surface area contributed by atoms with Gasteiger partial charge in [-0.25, -0.2) is 4.98 Å². The van der Waals surface area contributed by atoms with Crippen molar-refractivity contribution in [3.05, 3.63) is 69.8 Å². The highest BCUT2D eigenvalue weighted by Gasteiger charge is 2.08. The summed E-state index contributed by atoms with van der Waals surface area (Å²) in [5.41, 5.74) is 4.64. The largest absolute Gasteiger partial charge is 0.326 e. The van der Waals surface area contributed by atoms with Gasteiger partial charge in [0.25, 0.3) is 5.56 Å². The van der Waals surface area contributed by atoms with Crippen molar-refractivity contribution >= 4 is 22.5 Å². The minimum absolute atomic E-state index is 0.118. The van der Waals surface area contributed by atoms with Crippen LogP contribution in [0.25, 0.3) is 10.9 Å². The van der Waals surface area contributed by atoms with Gasteiger partial charge in [0.05, 0.1) is 17.2 Å². The molecule has 0 bridgehead atoms. The zero-order valence-corrected chi connectivity index (χ0v) is 14.7. The number of aromatic nitrogens is 2. The molecule has 1 N–H and O–H groups in total. The fraction of sp³-hybridized carbons (Fsp3) is 0.250. The summed E-state index contributed by atoms with van der Waals surface area (Å²) >= 11 is 0. The van der Waals surface area contributed by atoms with E-state index in [4.69, 9.17) is 0 Å². The molecule has 0 aliphatic heterocycles. The van der Waals surface area contributed by atoms with Crippen LogP contribution in [0.3, 0.4) is 0 Å². The van der Waals surface area contributed by atoms with Crippen LogP contribution < -0.4 is 10.9 Å². The summed E-state index contributed by atoms with van der Waals surface area (Å²) in [5, 5.41) is 3.45. The van der Waals surface area contributed by atoms with Crippen molar-refractivity contribution in [3.63, 3.8) is 0 Å². The van der Waals surface area contributed by atoms with Gasteiger partial charge in [-0.1, -0.05) is 18.2 Å². The third-order valence-corrected chi connectivity index (χ3v) is 4.43. The smallest absolute Gasteiger partial charge is 0.261 e. The number of carbonyl (C=O) groups excluding carboxylic acids is 1. The molecule has 0 saturated carbocycles.